The maximum atomic E-state index is 5.39. The second kappa shape index (κ2) is 4.91. The van der Waals surface area contributed by atoms with Crippen LogP contribution in [0.5, 0.6) is 5.75 Å². The van der Waals surface area contributed by atoms with Crippen LogP contribution in [0.3, 0.4) is 0 Å². The number of anilines is 1. The summed E-state index contributed by atoms with van der Waals surface area (Å²) in [5.74, 6) is 0.944. The van der Waals surface area contributed by atoms with Crippen molar-refractivity contribution >= 4 is 5.69 Å². The van der Waals surface area contributed by atoms with Gasteiger partial charge in [0.2, 0.25) is 0 Å². The third-order valence-corrected chi connectivity index (χ3v) is 2.83. The fraction of sp³-hybridized carbons (Fsp3) is 0.308. The molecule has 0 amide bonds. The number of aryl methyl sites for hydroxylation is 1. The van der Waals surface area contributed by atoms with Gasteiger partial charge in [-0.25, -0.2) is 0 Å². The lowest BCUT2D eigenvalue weighted by molar-refractivity contribution is 0.409. The van der Waals surface area contributed by atoms with Gasteiger partial charge in [-0.1, -0.05) is 6.07 Å². The maximum absolute atomic E-state index is 5.39. The average molecular weight is 231 g/mol. The molecule has 1 aromatic carbocycles. The van der Waals surface area contributed by atoms with Crippen LogP contribution in [0, 0.1) is 13.8 Å². The van der Waals surface area contributed by atoms with Crippen molar-refractivity contribution in [2.75, 3.05) is 12.4 Å². The van der Waals surface area contributed by atoms with Gasteiger partial charge in [-0.05, 0) is 31.5 Å². The summed E-state index contributed by atoms with van der Waals surface area (Å²) in [4.78, 5) is 0. The Morgan fingerprint density at radius 1 is 1.29 bits per heavy atom. The van der Waals surface area contributed by atoms with Crippen molar-refractivity contribution in [3.05, 3.63) is 41.2 Å². The quantitative estimate of drug-likeness (QED) is 0.850. The molecule has 0 saturated heterocycles. The zero-order valence-corrected chi connectivity index (χ0v) is 10.4. The van der Waals surface area contributed by atoms with E-state index in [2.05, 4.69) is 34.6 Å². The molecule has 0 unspecified atom stereocenters. The molecule has 17 heavy (non-hydrogen) atoms. The highest BCUT2D eigenvalue weighted by Gasteiger charge is 2.07. The topological polar surface area (TPSA) is 49.9 Å². The summed E-state index contributed by atoms with van der Waals surface area (Å²) in [7, 11) is 1.70. The molecule has 2 rings (SSSR count). The van der Waals surface area contributed by atoms with Crippen LogP contribution in [0.15, 0.2) is 24.4 Å². The standard InChI is InChI=1S/C13H17N3O/c1-9-4-5-12(10(2)13(9)17-3)14-8-11-6-7-15-16-11/h4-7,14H,8H2,1-3H3,(H,15,16). The summed E-state index contributed by atoms with van der Waals surface area (Å²) in [6.07, 6.45) is 1.75. The third-order valence-electron chi connectivity index (χ3n) is 2.83. The Balaban J connectivity index is 2.16. The van der Waals surface area contributed by atoms with E-state index in [1.807, 2.05) is 13.0 Å². The van der Waals surface area contributed by atoms with Crippen molar-refractivity contribution in [3.8, 4) is 5.75 Å². The Hall–Kier alpha value is -1.97. The lowest BCUT2D eigenvalue weighted by atomic mass is 10.1. The largest absolute Gasteiger partial charge is 0.496 e. The van der Waals surface area contributed by atoms with Crippen LogP contribution in [0.4, 0.5) is 5.69 Å². The number of ether oxygens (including phenoxy) is 1. The van der Waals surface area contributed by atoms with Crippen molar-refractivity contribution < 1.29 is 4.74 Å². The predicted molar refractivity (Wildman–Crippen MR) is 68.4 cm³/mol. The highest BCUT2D eigenvalue weighted by atomic mass is 16.5. The Kier molecular flexibility index (Phi) is 3.32. The molecule has 2 aromatic rings. The number of hydrogen-bond acceptors (Lipinski definition) is 3. The molecule has 1 aromatic heterocycles. The number of rotatable bonds is 4. The van der Waals surface area contributed by atoms with Crippen molar-refractivity contribution in [2.45, 2.75) is 20.4 Å². The van der Waals surface area contributed by atoms with Crippen LogP contribution in [0.1, 0.15) is 16.8 Å². The van der Waals surface area contributed by atoms with Crippen LogP contribution in [-0.4, -0.2) is 17.3 Å². The first kappa shape index (κ1) is 11.5. The Morgan fingerprint density at radius 2 is 2.12 bits per heavy atom. The minimum atomic E-state index is 0.729. The van der Waals surface area contributed by atoms with Crippen molar-refractivity contribution in [1.29, 1.82) is 0 Å². The molecule has 0 aliphatic carbocycles. The van der Waals surface area contributed by atoms with E-state index in [-0.39, 0.29) is 0 Å². The monoisotopic (exact) mass is 231 g/mol. The number of H-pyrrole nitrogens is 1. The van der Waals surface area contributed by atoms with Gasteiger partial charge < -0.3 is 10.1 Å². The van der Waals surface area contributed by atoms with Gasteiger partial charge in [-0.15, -0.1) is 0 Å². The van der Waals surface area contributed by atoms with Gasteiger partial charge in [0.1, 0.15) is 5.75 Å². The van der Waals surface area contributed by atoms with Gasteiger partial charge in [0.15, 0.2) is 0 Å². The highest BCUT2D eigenvalue weighted by molar-refractivity contribution is 5.59. The normalized spacial score (nSPS) is 10.3. The number of nitrogens with zero attached hydrogens (tertiary/aromatic N) is 1. The van der Waals surface area contributed by atoms with Crippen LogP contribution in [-0.2, 0) is 6.54 Å². The fourth-order valence-electron chi connectivity index (χ4n) is 1.91. The zero-order chi connectivity index (χ0) is 12.3. The minimum Gasteiger partial charge on any atom is -0.496 e. The van der Waals surface area contributed by atoms with E-state index >= 15 is 0 Å². The zero-order valence-electron chi connectivity index (χ0n) is 10.4. The Bertz CT molecular complexity index is 492. The molecule has 0 fully saturated rings. The molecular formula is C13H17N3O. The first-order chi connectivity index (χ1) is 8.22. The highest BCUT2D eigenvalue weighted by Crippen LogP contribution is 2.29. The molecule has 4 nitrogen and oxygen atoms in total. The summed E-state index contributed by atoms with van der Waals surface area (Å²) in [5.41, 5.74) is 4.43. The number of nitrogens with one attached hydrogen (secondary N) is 2. The fourth-order valence-corrected chi connectivity index (χ4v) is 1.91. The molecule has 0 saturated carbocycles. The summed E-state index contributed by atoms with van der Waals surface area (Å²) in [5, 5.41) is 10.2. The van der Waals surface area contributed by atoms with Crippen LogP contribution in [0.25, 0.3) is 0 Å². The minimum absolute atomic E-state index is 0.729. The lowest BCUT2D eigenvalue weighted by Crippen LogP contribution is -2.03. The van der Waals surface area contributed by atoms with Gasteiger partial charge in [0, 0.05) is 17.4 Å². The predicted octanol–water partition coefficient (Wildman–Crippen LogP) is 2.65. The summed E-state index contributed by atoms with van der Waals surface area (Å²) in [6, 6.07) is 6.08. The number of aromatic amines is 1. The molecule has 2 N–H and O–H groups in total. The second-order valence-electron chi connectivity index (χ2n) is 4.02. The van der Waals surface area contributed by atoms with Gasteiger partial charge in [-0.2, -0.15) is 5.10 Å². The second-order valence-corrected chi connectivity index (χ2v) is 4.02. The van der Waals surface area contributed by atoms with E-state index in [1.54, 1.807) is 13.3 Å². The van der Waals surface area contributed by atoms with E-state index < -0.39 is 0 Å². The van der Waals surface area contributed by atoms with Gasteiger partial charge in [0.05, 0.1) is 19.3 Å². The molecule has 4 heteroatoms. The number of hydrogen-bond donors (Lipinski definition) is 2. The summed E-state index contributed by atoms with van der Waals surface area (Å²) in [6.45, 7) is 4.83. The Morgan fingerprint density at radius 3 is 2.76 bits per heavy atom. The smallest absolute Gasteiger partial charge is 0.126 e. The lowest BCUT2D eigenvalue weighted by Gasteiger charge is -2.14. The van der Waals surface area contributed by atoms with Crippen LogP contribution >= 0.6 is 0 Å². The molecule has 0 atom stereocenters. The molecule has 1 heterocycles. The first-order valence-electron chi connectivity index (χ1n) is 5.58. The number of benzene rings is 1. The van der Waals surface area contributed by atoms with E-state index in [1.165, 1.54) is 0 Å². The molecule has 90 valence electrons. The van der Waals surface area contributed by atoms with E-state index in [9.17, 15) is 0 Å². The van der Waals surface area contributed by atoms with Crippen LogP contribution in [0.2, 0.25) is 0 Å². The van der Waals surface area contributed by atoms with Gasteiger partial charge in [0.25, 0.3) is 0 Å². The van der Waals surface area contributed by atoms with Crippen LogP contribution < -0.4 is 10.1 Å². The molecule has 0 bridgehead atoms. The van der Waals surface area contributed by atoms with Crippen molar-refractivity contribution in [2.24, 2.45) is 0 Å². The summed E-state index contributed by atoms with van der Waals surface area (Å²) >= 11 is 0. The molecular weight excluding hydrogens is 214 g/mol. The van der Waals surface area contributed by atoms with E-state index in [0.717, 1.165) is 34.8 Å². The third kappa shape index (κ3) is 2.41. The van der Waals surface area contributed by atoms with Crippen molar-refractivity contribution in [1.82, 2.24) is 10.2 Å². The number of aromatic nitrogens is 2. The average Bonchev–Trinajstić information content (AvgIpc) is 2.82. The van der Waals surface area contributed by atoms with Crippen molar-refractivity contribution in [3.63, 3.8) is 0 Å². The van der Waals surface area contributed by atoms with E-state index in [0.29, 0.717) is 0 Å². The number of methoxy groups -OCH3 is 1. The molecule has 0 spiro atoms. The van der Waals surface area contributed by atoms with Gasteiger partial charge in [-0.3, -0.25) is 5.10 Å². The molecule has 0 radical (unpaired) electrons. The maximum Gasteiger partial charge on any atom is 0.126 e. The van der Waals surface area contributed by atoms with Gasteiger partial charge >= 0.3 is 0 Å². The SMILES string of the molecule is COc1c(C)ccc(NCc2ccn[nH]2)c1C. The first-order valence-corrected chi connectivity index (χ1v) is 5.58. The molecule has 0 aliphatic heterocycles. The Labute approximate surface area is 101 Å². The summed E-state index contributed by atoms with van der Waals surface area (Å²) < 4.78 is 5.39. The van der Waals surface area contributed by atoms with E-state index in [4.69, 9.17) is 4.74 Å². The molecule has 0 aliphatic rings.